The molecule has 1 atom stereocenters. The minimum absolute atomic E-state index is 0.238. The molecular formula is C22H22N4O2. The monoisotopic (exact) mass is 374 g/mol. The van der Waals surface area contributed by atoms with Gasteiger partial charge in [0.2, 0.25) is 0 Å². The third kappa shape index (κ3) is 4.45. The highest BCUT2D eigenvalue weighted by Crippen LogP contribution is 2.19. The van der Waals surface area contributed by atoms with E-state index < -0.39 is 0 Å². The highest BCUT2D eigenvalue weighted by atomic mass is 16.5. The molecule has 28 heavy (non-hydrogen) atoms. The van der Waals surface area contributed by atoms with Crippen LogP contribution in [0.4, 0.5) is 5.82 Å². The Morgan fingerprint density at radius 3 is 3.00 bits per heavy atom. The second-order valence-corrected chi connectivity index (χ2v) is 6.87. The molecule has 142 valence electrons. The number of anilines is 1. The Morgan fingerprint density at radius 2 is 2.14 bits per heavy atom. The zero-order valence-corrected chi connectivity index (χ0v) is 15.6. The van der Waals surface area contributed by atoms with Gasteiger partial charge in [-0.2, -0.15) is 5.26 Å². The number of pyridine rings is 2. The van der Waals surface area contributed by atoms with E-state index in [1.165, 1.54) is 0 Å². The fourth-order valence-corrected chi connectivity index (χ4v) is 3.32. The highest BCUT2D eigenvalue weighted by molar-refractivity contribution is 5.79. The normalized spacial score (nSPS) is 16.2. The largest absolute Gasteiger partial charge is 0.376 e. The summed E-state index contributed by atoms with van der Waals surface area (Å²) in [5.41, 5.74) is 3.35. The van der Waals surface area contributed by atoms with Crippen LogP contribution in [0.25, 0.3) is 11.0 Å². The van der Waals surface area contributed by atoms with Crippen molar-refractivity contribution in [2.45, 2.75) is 32.1 Å². The van der Waals surface area contributed by atoms with E-state index in [-0.39, 0.29) is 6.10 Å². The predicted molar refractivity (Wildman–Crippen MR) is 107 cm³/mol. The topological polar surface area (TPSA) is 80.1 Å². The summed E-state index contributed by atoms with van der Waals surface area (Å²) in [7, 11) is 0. The van der Waals surface area contributed by atoms with Gasteiger partial charge in [-0.25, -0.2) is 9.97 Å². The lowest BCUT2D eigenvalue weighted by atomic mass is 10.1. The van der Waals surface area contributed by atoms with Crippen molar-refractivity contribution < 1.29 is 9.47 Å². The maximum absolute atomic E-state index is 9.43. The molecule has 1 N–H and O–H groups in total. The molecule has 1 fully saturated rings. The van der Waals surface area contributed by atoms with Gasteiger partial charge in [-0.15, -0.1) is 0 Å². The first kappa shape index (κ1) is 18.4. The van der Waals surface area contributed by atoms with Crippen molar-refractivity contribution in [2.24, 2.45) is 0 Å². The van der Waals surface area contributed by atoms with E-state index in [1.54, 1.807) is 6.20 Å². The molecule has 0 aliphatic carbocycles. The van der Waals surface area contributed by atoms with Crippen molar-refractivity contribution in [3.63, 3.8) is 0 Å². The summed E-state index contributed by atoms with van der Waals surface area (Å²) < 4.78 is 11.4. The smallest absolute Gasteiger partial charge is 0.161 e. The SMILES string of the molecule is N#Cc1cc2cccnc2nc1NCc1cccc(COCC2CCCO2)c1. The Bertz CT molecular complexity index is 993. The van der Waals surface area contributed by atoms with Crippen LogP contribution in [0.2, 0.25) is 0 Å². The van der Waals surface area contributed by atoms with Gasteiger partial charge in [-0.05, 0) is 42.2 Å². The maximum Gasteiger partial charge on any atom is 0.161 e. The Balaban J connectivity index is 1.39. The van der Waals surface area contributed by atoms with Crippen LogP contribution < -0.4 is 5.32 Å². The molecule has 1 aliphatic heterocycles. The summed E-state index contributed by atoms with van der Waals surface area (Å²) in [5.74, 6) is 0.550. The number of rotatable bonds is 7. The van der Waals surface area contributed by atoms with E-state index in [1.807, 2.05) is 30.3 Å². The second kappa shape index (κ2) is 8.79. The van der Waals surface area contributed by atoms with E-state index in [4.69, 9.17) is 9.47 Å². The lowest BCUT2D eigenvalue weighted by Gasteiger charge is -2.12. The quantitative estimate of drug-likeness (QED) is 0.677. The van der Waals surface area contributed by atoms with Gasteiger partial charge in [-0.3, -0.25) is 0 Å². The van der Waals surface area contributed by atoms with Gasteiger partial charge < -0.3 is 14.8 Å². The van der Waals surface area contributed by atoms with Gasteiger partial charge >= 0.3 is 0 Å². The zero-order chi connectivity index (χ0) is 19.2. The van der Waals surface area contributed by atoms with Crippen molar-refractivity contribution in [3.05, 3.63) is 65.4 Å². The van der Waals surface area contributed by atoms with Crippen LogP contribution in [0.1, 0.15) is 29.5 Å². The molecule has 1 saturated heterocycles. The van der Waals surface area contributed by atoms with Crippen LogP contribution in [0.5, 0.6) is 0 Å². The van der Waals surface area contributed by atoms with Gasteiger partial charge in [-0.1, -0.05) is 24.3 Å². The number of fused-ring (bicyclic) bond motifs is 1. The number of nitriles is 1. The molecule has 0 amide bonds. The van der Waals surface area contributed by atoms with Crippen LogP contribution in [-0.2, 0) is 22.6 Å². The predicted octanol–water partition coefficient (Wildman–Crippen LogP) is 3.81. The van der Waals surface area contributed by atoms with E-state index >= 15 is 0 Å². The molecule has 2 aromatic heterocycles. The first-order valence-corrected chi connectivity index (χ1v) is 9.49. The lowest BCUT2D eigenvalue weighted by molar-refractivity contribution is 0.0106. The molecule has 6 heteroatoms. The zero-order valence-electron chi connectivity index (χ0n) is 15.6. The van der Waals surface area contributed by atoms with Crippen LogP contribution >= 0.6 is 0 Å². The van der Waals surface area contributed by atoms with Gasteiger partial charge in [0.25, 0.3) is 0 Å². The minimum atomic E-state index is 0.238. The molecule has 3 aromatic rings. The standard InChI is InChI=1S/C22H22N4O2/c23-12-19-11-18-6-2-8-24-21(18)26-22(19)25-13-16-4-1-5-17(10-16)14-27-15-20-7-3-9-28-20/h1-2,4-6,8,10-11,20H,3,7,9,13-15H2,(H,24,25,26). The van der Waals surface area contributed by atoms with E-state index in [9.17, 15) is 5.26 Å². The van der Waals surface area contributed by atoms with E-state index in [2.05, 4.69) is 33.5 Å². The maximum atomic E-state index is 9.43. The van der Waals surface area contributed by atoms with Crippen molar-refractivity contribution in [2.75, 3.05) is 18.5 Å². The molecule has 0 bridgehead atoms. The van der Waals surface area contributed by atoms with Gasteiger partial charge in [0.05, 0.1) is 24.9 Å². The number of hydrogen-bond acceptors (Lipinski definition) is 6. The van der Waals surface area contributed by atoms with Gasteiger partial charge in [0.15, 0.2) is 5.65 Å². The Morgan fingerprint density at radius 1 is 1.21 bits per heavy atom. The molecule has 3 heterocycles. The molecule has 6 nitrogen and oxygen atoms in total. The number of ether oxygens (including phenoxy) is 2. The van der Waals surface area contributed by atoms with Crippen molar-refractivity contribution in [1.82, 2.24) is 9.97 Å². The fraction of sp³-hybridized carbons (Fsp3) is 0.318. The molecule has 4 rings (SSSR count). The first-order valence-electron chi connectivity index (χ1n) is 9.49. The first-order chi connectivity index (χ1) is 13.8. The van der Waals surface area contributed by atoms with Gasteiger partial charge in [0.1, 0.15) is 11.9 Å². The Kier molecular flexibility index (Phi) is 5.76. The van der Waals surface area contributed by atoms with E-state index in [0.717, 1.165) is 36.0 Å². The fourth-order valence-electron chi connectivity index (χ4n) is 3.32. The number of hydrogen-bond donors (Lipinski definition) is 1. The summed E-state index contributed by atoms with van der Waals surface area (Å²) in [6.45, 7) is 2.62. The summed E-state index contributed by atoms with van der Waals surface area (Å²) in [6, 6.07) is 16.0. The lowest BCUT2D eigenvalue weighted by Crippen LogP contribution is -2.13. The van der Waals surface area contributed by atoms with E-state index in [0.29, 0.717) is 36.8 Å². The summed E-state index contributed by atoms with van der Waals surface area (Å²) in [4.78, 5) is 8.76. The molecule has 0 radical (unpaired) electrons. The third-order valence-electron chi connectivity index (χ3n) is 4.76. The molecule has 0 spiro atoms. The number of nitrogens with zero attached hydrogens (tertiary/aromatic N) is 3. The molecule has 1 aromatic carbocycles. The van der Waals surface area contributed by atoms with Crippen LogP contribution in [0.3, 0.4) is 0 Å². The molecular weight excluding hydrogens is 352 g/mol. The Hall–Kier alpha value is -3.01. The number of benzene rings is 1. The molecule has 1 aliphatic rings. The van der Waals surface area contributed by atoms with Crippen LogP contribution in [0.15, 0.2) is 48.7 Å². The van der Waals surface area contributed by atoms with Gasteiger partial charge in [0, 0.05) is 24.7 Å². The summed E-state index contributed by atoms with van der Waals surface area (Å²) >= 11 is 0. The number of nitrogens with one attached hydrogen (secondary N) is 1. The molecule has 1 unspecified atom stereocenters. The van der Waals surface area contributed by atoms with Crippen molar-refractivity contribution in [1.29, 1.82) is 5.26 Å². The highest BCUT2D eigenvalue weighted by Gasteiger charge is 2.15. The van der Waals surface area contributed by atoms with Crippen molar-refractivity contribution in [3.8, 4) is 6.07 Å². The molecule has 0 saturated carbocycles. The van der Waals surface area contributed by atoms with Crippen LogP contribution in [-0.4, -0.2) is 29.3 Å². The minimum Gasteiger partial charge on any atom is -0.376 e. The summed E-state index contributed by atoms with van der Waals surface area (Å²) in [5, 5.41) is 13.6. The Labute approximate surface area is 164 Å². The van der Waals surface area contributed by atoms with Crippen molar-refractivity contribution >= 4 is 16.9 Å². The summed E-state index contributed by atoms with van der Waals surface area (Å²) in [6.07, 6.45) is 4.14. The van der Waals surface area contributed by atoms with Crippen LogP contribution in [0, 0.1) is 11.3 Å². The average Bonchev–Trinajstić information content (AvgIpc) is 3.25. The second-order valence-electron chi connectivity index (χ2n) is 6.87. The third-order valence-corrected chi connectivity index (χ3v) is 4.76. The number of aromatic nitrogens is 2. The average molecular weight is 374 g/mol.